The minimum atomic E-state index is -3.82. The maximum absolute atomic E-state index is 11.5. The number of nitrogens with two attached hydrogens (primary N) is 2. The van der Waals surface area contributed by atoms with Crippen LogP contribution in [0, 0.1) is 0 Å². The monoisotopic (exact) mass is 432 g/mol. The molecule has 2 amide bonds. The standard InChI is InChI=1S/C19H17ClN4O4S/c20-15-5-1-14(2-6-15)18-17(9-12(10-23-18)11-24(26)19(21)25)13-3-7-16(8-4-13)29(22,27)28/h1-10,26H,11H2,(H2,21,25)(H2,22,27,28). The first-order valence-corrected chi connectivity index (χ1v) is 10.2. The quantitative estimate of drug-likeness (QED) is 0.420. The van der Waals surface area contributed by atoms with Gasteiger partial charge in [0.05, 0.1) is 17.1 Å². The maximum Gasteiger partial charge on any atom is 0.338 e. The molecule has 0 fully saturated rings. The maximum atomic E-state index is 11.5. The van der Waals surface area contributed by atoms with Gasteiger partial charge in [-0.25, -0.2) is 23.4 Å². The summed E-state index contributed by atoms with van der Waals surface area (Å²) in [5, 5.41) is 15.7. The molecule has 10 heteroatoms. The molecule has 8 nitrogen and oxygen atoms in total. The van der Waals surface area contributed by atoms with Crippen LogP contribution in [0.15, 0.2) is 65.7 Å². The number of benzene rings is 2. The molecule has 150 valence electrons. The lowest BCUT2D eigenvalue weighted by atomic mass is 9.98. The van der Waals surface area contributed by atoms with Gasteiger partial charge in [0, 0.05) is 22.3 Å². The van der Waals surface area contributed by atoms with Crippen LogP contribution in [0.4, 0.5) is 4.79 Å². The van der Waals surface area contributed by atoms with E-state index in [1.54, 1.807) is 42.5 Å². The molecule has 0 saturated carbocycles. The topological polar surface area (TPSA) is 140 Å². The van der Waals surface area contributed by atoms with Gasteiger partial charge >= 0.3 is 6.03 Å². The third-order valence-electron chi connectivity index (χ3n) is 4.14. The van der Waals surface area contributed by atoms with E-state index in [1.807, 2.05) is 0 Å². The molecule has 0 unspecified atom stereocenters. The Bertz CT molecular complexity index is 1150. The van der Waals surface area contributed by atoms with Gasteiger partial charge in [0.25, 0.3) is 0 Å². The number of primary amides is 1. The summed E-state index contributed by atoms with van der Waals surface area (Å²) in [6.07, 6.45) is 1.51. The zero-order valence-electron chi connectivity index (χ0n) is 15.0. The Morgan fingerprint density at radius 3 is 2.21 bits per heavy atom. The SMILES string of the molecule is NC(=O)N(O)Cc1cnc(-c2ccc(Cl)cc2)c(-c2ccc(S(N)(=O)=O)cc2)c1. The van der Waals surface area contributed by atoms with Gasteiger partial charge in [-0.3, -0.25) is 10.2 Å². The average Bonchev–Trinajstić information content (AvgIpc) is 2.68. The number of pyridine rings is 1. The van der Waals surface area contributed by atoms with E-state index >= 15 is 0 Å². The number of carbonyl (C=O) groups is 1. The molecule has 2 aromatic carbocycles. The number of hydrogen-bond acceptors (Lipinski definition) is 5. The van der Waals surface area contributed by atoms with Crippen LogP contribution >= 0.6 is 11.6 Å². The van der Waals surface area contributed by atoms with E-state index in [2.05, 4.69) is 4.98 Å². The number of hydrogen-bond donors (Lipinski definition) is 3. The fourth-order valence-electron chi connectivity index (χ4n) is 2.73. The number of sulfonamides is 1. The normalized spacial score (nSPS) is 11.3. The number of aromatic nitrogens is 1. The van der Waals surface area contributed by atoms with Gasteiger partial charge in [-0.05, 0) is 41.5 Å². The molecule has 0 aliphatic carbocycles. The summed E-state index contributed by atoms with van der Waals surface area (Å²) in [6, 6.07) is 13.8. The molecule has 0 atom stereocenters. The number of urea groups is 1. The van der Waals surface area contributed by atoms with Gasteiger partial charge in [0.1, 0.15) is 0 Å². The van der Waals surface area contributed by atoms with Gasteiger partial charge in [-0.2, -0.15) is 0 Å². The van der Waals surface area contributed by atoms with Crippen molar-refractivity contribution in [3.63, 3.8) is 0 Å². The zero-order chi connectivity index (χ0) is 21.2. The van der Waals surface area contributed by atoms with Crippen molar-refractivity contribution in [1.82, 2.24) is 10.0 Å². The van der Waals surface area contributed by atoms with Crippen LogP contribution in [-0.2, 0) is 16.6 Å². The number of halogens is 1. The molecule has 1 heterocycles. The Labute approximate surface area is 172 Å². The molecule has 0 aliphatic rings. The Balaban J connectivity index is 2.11. The highest BCUT2D eigenvalue weighted by Gasteiger charge is 2.15. The lowest BCUT2D eigenvalue weighted by Gasteiger charge is -2.15. The van der Waals surface area contributed by atoms with E-state index in [1.165, 1.54) is 18.3 Å². The number of rotatable bonds is 5. The Hall–Kier alpha value is -2.98. The van der Waals surface area contributed by atoms with Crippen LogP contribution in [0.25, 0.3) is 22.4 Å². The second kappa shape index (κ2) is 8.18. The average molecular weight is 433 g/mol. The second-order valence-corrected chi connectivity index (χ2v) is 8.21. The van der Waals surface area contributed by atoms with E-state index in [0.717, 1.165) is 5.56 Å². The zero-order valence-corrected chi connectivity index (χ0v) is 16.6. The van der Waals surface area contributed by atoms with Crippen LogP contribution in [0.3, 0.4) is 0 Å². The molecule has 0 saturated heterocycles. The molecule has 0 bridgehead atoms. The van der Waals surface area contributed by atoms with Crippen LogP contribution in [0.5, 0.6) is 0 Å². The predicted octanol–water partition coefficient (Wildman–Crippen LogP) is 2.99. The van der Waals surface area contributed by atoms with E-state index in [-0.39, 0.29) is 11.4 Å². The molecule has 0 radical (unpaired) electrons. The van der Waals surface area contributed by atoms with Crippen molar-refractivity contribution >= 4 is 27.7 Å². The van der Waals surface area contributed by atoms with Crippen molar-refractivity contribution in [1.29, 1.82) is 0 Å². The third-order valence-corrected chi connectivity index (χ3v) is 5.32. The van der Waals surface area contributed by atoms with E-state index in [4.69, 9.17) is 22.5 Å². The summed E-state index contributed by atoms with van der Waals surface area (Å²) < 4.78 is 23.0. The molecule has 1 aromatic heterocycles. The third kappa shape index (κ3) is 4.90. The Morgan fingerprint density at radius 1 is 1.07 bits per heavy atom. The van der Waals surface area contributed by atoms with Crippen molar-refractivity contribution in [2.75, 3.05) is 0 Å². The summed E-state index contributed by atoms with van der Waals surface area (Å²) in [5.74, 6) is 0. The number of primary sulfonamides is 1. The minimum absolute atomic E-state index is 0.0198. The smallest absolute Gasteiger partial charge is 0.338 e. The minimum Gasteiger partial charge on any atom is -0.350 e. The van der Waals surface area contributed by atoms with Crippen molar-refractivity contribution in [2.24, 2.45) is 10.9 Å². The molecule has 3 rings (SSSR count). The summed E-state index contributed by atoms with van der Waals surface area (Å²) in [7, 11) is -3.82. The van der Waals surface area contributed by atoms with E-state index < -0.39 is 16.1 Å². The summed E-state index contributed by atoms with van der Waals surface area (Å²) in [4.78, 5) is 15.5. The van der Waals surface area contributed by atoms with Crippen LogP contribution < -0.4 is 10.9 Å². The fourth-order valence-corrected chi connectivity index (χ4v) is 3.37. The molecule has 29 heavy (non-hydrogen) atoms. The fraction of sp³-hybridized carbons (Fsp3) is 0.0526. The lowest BCUT2D eigenvalue weighted by molar-refractivity contribution is -0.0471. The first-order valence-electron chi connectivity index (χ1n) is 8.29. The first kappa shape index (κ1) is 20.7. The van der Waals surface area contributed by atoms with Gasteiger partial charge in [-0.15, -0.1) is 0 Å². The largest absolute Gasteiger partial charge is 0.350 e. The van der Waals surface area contributed by atoms with Crippen LogP contribution in [0.2, 0.25) is 5.02 Å². The predicted molar refractivity (Wildman–Crippen MR) is 108 cm³/mol. The van der Waals surface area contributed by atoms with Crippen molar-refractivity contribution < 1.29 is 18.4 Å². The van der Waals surface area contributed by atoms with Gasteiger partial charge < -0.3 is 5.73 Å². The molecule has 0 aliphatic heterocycles. The van der Waals surface area contributed by atoms with Gasteiger partial charge in [0.15, 0.2) is 0 Å². The van der Waals surface area contributed by atoms with E-state index in [0.29, 0.717) is 32.5 Å². The molecular weight excluding hydrogens is 416 g/mol. The highest BCUT2D eigenvalue weighted by atomic mass is 35.5. The van der Waals surface area contributed by atoms with Crippen molar-refractivity contribution in [2.45, 2.75) is 11.4 Å². The second-order valence-electron chi connectivity index (χ2n) is 6.21. The van der Waals surface area contributed by atoms with Crippen LogP contribution in [0.1, 0.15) is 5.56 Å². The molecule has 5 N–H and O–H groups in total. The highest BCUT2D eigenvalue weighted by molar-refractivity contribution is 7.89. The summed E-state index contributed by atoms with van der Waals surface area (Å²) in [5.41, 5.74) is 8.30. The van der Waals surface area contributed by atoms with Crippen molar-refractivity contribution in [3.8, 4) is 22.4 Å². The number of hydroxylamine groups is 2. The number of nitrogens with zero attached hydrogens (tertiary/aromatic N) is 2. The molecule has 3 aromatic rings. The van der Waals surface area contributed by atoms with Crippen LogP contribution in [-0.4, -0.2) is 29.7 Å². The molecular formula is C19H17ClN4O4S. The van der Waals surface area contributed by atoms with Gasteiger partial charge in [-0.1, -0.05) is 35.9 Å². The Kier molecular flexibility index (Phi) is 5.85. The lowest BCUT2D eigenvalue weighted by Crippen LogP contribution is -2.32. The highest BCUT2D eigenvalue weighted by Crippen LogP contribution is 2.32. The first-order chi connectivity index (χ1) is 13.6. The summed E-state index contributed by atoms with van der Waals surface area (Å²) >= 11 is 5.96. The van der Waals surface area contributed by atoms with Gasteiger partial charge in [0.2, 0.25) is 10.0 Å². The van der Waals surface area contributed by atoms with E-state index in [9.17, 15) is 18.4 Å². The van der Waals surface area contributed by atoms with Crippen molar-refractivity contribution in [3.05, 3.63) is 71.4 Å². The number of carbonyl (C=O) groups excluding carboxylic acids is 1. The number of amides is 2. The molecule has 0 spiro atoms. The summed E-state index contributed by atoms with van der Waals surface area (Å²) in [6.45, 7) is -0.161. The Morgan fingerprint density at radius 2 is 1.66 bits per heavy atom.